The van der Waals surface area contributed by atoms with E-state index in [0.29, 0.717) is 15.6 Å². The lowest BCUT2D eigenvalue weighted by Gasteiger charge is -2.05. The zero-order valence-corrected chi connectivity index (χ0v) is 11.8. The lowest BCUT2D eigenvalue weighted by Crippen LogP contribution is -2.08. The van der Waals surface area contributed by atoms with Crippen molar-refractivity contribution >= 4 is 29.4 Å². The molecule has 1 N–H and O–H groups in total. The zero-order chi connectivity index (χ0) is 14.5. The molecule has 0 bridgehead atoms. The lowest BCUT2D eigenvalue weighted by molar-refractivity contribution is -0.135. The first-order valence-electron chi connectivity index (χ1n) is 5.78. The van der Waals surface area contributed by atoms with Gasteiger partial charge in [-0.2, -0.15) is 0 Å². The van der Waals surface area contributed by atoms with Gasteiger partial charge in [-0.15, -0.1) is 0 Å². The van der Waals surface area contributed by atoms with Gasteiger partial charge in [0.05, 0.1) is 31.0 Å². The highest BCUT2D eigenvalue weighted by atomic mass is 32.2. The zero-order valence-electron chi connectivity index (χ0n) is 11.0. The Labute approximate surface area is 120 Å². The predicted octanol–water partition coefficient (Wildman–Crippen LogP) is 1.88. The summed E-state index contributed by atoms with van der Waals surface area (Å²) in [7, 11) is 2.62. The average molecular weight is 291 g/mol. The SMILES string of the molecule is COC(=O)/C=C1/NC(c2ccccc2)=C(C(=O)OC)S1. The first-order valence-corrected chi connectivity index (χ1v) is 6.60. The molecule has 6 heteroatoms. The normalized spacial score (nSPS) is 16.0. The summed E-state index contributed by atoms with van der Waals surface area (Å²) in [5.74, 6) is -0.937. The standard InChI is InChI=1S/C14H13NO4S/c1-18-11(16)8-10-15-12(9-6-4-3-5-7-9)13(20-10)14(17)19-2/h3-8,15H,1-2H3/b10-8-. The van der Waals surface area contributed by atoms with Crippen LogP contribution in [0.15, 0.2) is 46.3 Å². The minimum absolute atomic E-state index is 0.411. The number of hydrogen-bond acceptors (Lipinski definition) is 6. The molecule has 0 aliphatic carbocycles. The number of ether oxygens (including phenoxy) is 2. The molecule has 0 amide bonds. The first kappa shape index (κ1) is 14.2. The third-order valence-corrected chi connectivity index (χ3v) is 3.59. The fourth-order valence-corrected chi connectivity index (χ4v) is 2.61. The second-order valence-corrected chi connectivity index (χ2v) is 4.87. The van der Waals surface area contributed by atoms with E-state index < -0.39 is 11.9 Å². The van der Waals surface area contributed by atoms with E-state index in [-0.39, 0.29) is 0 Å². The molecule has 0 atom stereocenters. The highest BCUT2D eigenvalue weighted by Crippen LogP contribution is 2.38. The van der Waals surface area contributed by atoms with Crippen LogP contribution in [0.3, 0.4) is 0 Å². The van der Waals surface area contributed by atoms with Crippen molar-refractivity contribution in [2.24, 2.45) is 0 Å². The molecule has 0 radical (unpaired) electrons. The lowest BCUT2D eigenvalue weighted by atomic mass is 10.1. The molecule has 0 saturated carbocycles. The third-order valence-electron chi connectivity index (χ3n) is 2.57. The Bertz CT molecular complexity index is 592. The van der Waals surface area contributed by atoms with Crippen LogP contribution < -0.4 is 5.32 Å². The van der Waals surface area contributed by atoms with E-state index in [0.717, 1.165) is 17.3 Å². The van der Waals surface area contributed by atoms with E-state index in [1.807, 2.05) is 30.3 Å². The Morgan fingerprint density at radius 3 is 2.45 bits per heavy atom. The quantitative estimate of drug-likeness (QED) is 0.677. The van der Waals surface area contributed by atoms with E-state index in [2.05, 4.69) is 10.1 Å². The van der Waals surface area contributed by atoms with Gasteiger partial charge in [0.1, 0.15) is 4.91 Å². The number of methoxy groups -OCH3 is 2. The second-order valence-electron chi connectivity index (χ2n) is 3.82. The Balaban J connectivity index is 2.36. The van der Waals surface area contributed by atoms with Crippen LogP contribution >= 0.6 is 11.8 Å². The number of nitrogens with one attached hydrogen (secondary N) is 1. The van der Waals surface area contributed by atoms with Crippen LogP contribution in [0.5, 0.6) is 0 Å². The molecule has 1 aliphatic rings. The molecule has 5 nitrogen and oxygen atoms in total. The van der Waals surface area contributed by atoms with E-state index in [1.54, 1.807) is 0 Å². The monoisotopic (exact) mass is 291 g/mol. The number of carbonyl (C=O) groups is 2. The fourth-order valence-electron chi connectivity index (χ4n) is 1.64. The number of hydrogen-bond donors (Lipinski definition) is 1. The second kappa shape index (κ2) is 6.29. The van der Waals surface area contributed by atoms with Crippen molar-refractivity contribution in [2.45, 2.75) is 0 Å². The molecule has 0 fully saturated rings. The first-order chi connectivity index (χ1) is 9.65. The van der Waals surface area contributed by atoms with Crippen LogP contribution in [0.1, 0.15) is 5.56 Å². The molecule has 1 aromatic carbocycles. The Hall–Kier alpha value is -2.21. The highest BCUT2D eigenvalue weighted by Gasteiger charge is 2.27. The van der Waals surface area contributed by atoms with Crippen LogP contribution in [0.4, 0.5) is 0 Å². The number of carbonyl (C=O) groups excluding carboxylic acids is 2. The summed E-state index contributed by atoms with van der Waals surface area (Å²) >= 11 is 1.14. The van der Waals surface area contributed by atoms with Gasteiger partial charge in [-0.3, -0.25) is 0 Å². The maximum absolute atomic E-state index is 11.8. The summed E-state index contributed by atoms with van der Waals surface area (Å²) in [6.07, 6.45) is 1.30. The van der Waals surface area contributed by atoms with Gasteiger partial charge >= 0.3 is 11.9 Å². The van der Waals surface area contributed by atoms with E-state index in [1.165, 1.54) is 20.3 Å². The van der Waals surface area contributed by atoms with Crippen LogP contribution in [-0.4, -0.2) is 26.2 Å². The number of benzene rings is 1. The predicted molar refractivity (Wildman–Crippen MR) is 76.2 cm³/mol. The van der Waals surface area contributed by atoms with Crippen LogP contribution in [0.2, 0.25) is 0 Å². The van der Waals surface area contributed by atoms with Crippen molar-refractivity contribution in [2.75, 3.05) is 14.2 Å². The van der Waals surface area contributed by atoms with Gasteiger partial charge in [-0.05, 0) is 5.56 Å². The molecular weight excluding hydrogens is 278 g/mol. The molecular formula is C14H13NO4S. The molecule has 0 unspecified atom stereocenters. The minimum atomic E-state index is -0.487. The van der Waals surface area contributed by atoms with Gasteiger partial charge in [0.2, 0.25) is 0 Å². The van der Waals surface area contributed by atoms with Gasteiger partial charge < -0.3 is 14.8 Å². The van der Waals surface area contributed by atoms with Crippen molar-refractivity contribution in [3.05, 3.63) is 51.9 Å². The van der Waals surface area contributed by atoms with Gasteiger partial charge in [0, 0.05) is 0 Å². The van der Waals surface area contributed by atoms with Crippen LogP contribution in [0, 0.1) is 0 Å². The molecule has 2 rings (SSSR count). The van der Waals surface area contributed by atoms with Gasteiger partial charge in [-0.1, -0.05) is 42.1 Å². The van der Waals surface area contributed by atoms with E-state index in [4.69, 9.17) is 4.74 Å². The molecule has 104 valence electrons. The van der Waals surface area contributed by atoms with Crippen molar-refractivity contribution in [1.82, 2.24) is 5.32 Å². The Morgan fingerprint density at radius 2 is 1.85 bits per heavy atom. The highest BCUT2D eigenvalue weighted by molar-refractivity contribution is 8.08. The Kier molecular flexibility index (Phi) is 4.47. The van der Waals surface area contributed by atoms with Gasteiger partial charge in [0.25, 0.3) is 0 Å². The fraction of sp³-hybridized carbons (Fsp3) is 0.143. The number of rotatable bonds is 3. The maximum atomic E-state index is 11.8. The summed E-state index contributed by atoms with van der Waals surface area (Å²) in [5, 5.41) is 3.56. The smallest absolute Gasteiger partial charge is 0.346 e. The molecule has 0 spiro atoms. The molecule has 0 aromatic heterocycles. The molecule has 0 saturated heterocycles. The van der Waals surface area contributed by atoms with E-state index in [9.17, 15) is 9.59 Å². The van der Waals surface area contributed by atoms with E-state index >= 15 is 0 Å². The Morgan fingerprint density at radius 1 is 1.15 bits per heavy atom. The molecule has 1 aromatic rings. The minimum Gasteiger partial charge on any atom is -0.466 e. The third kappa shape index (κ3) is 3.03. The van der Waals surface area contributed by atoms with Gasteiger partial charge in [0.15, 0.2) is 0 Å². The van der Waals surface area contributed by atoms with Crippen LogP contribution in [-0.2, 0) is 19.1 Å². The topological polar surface area (TPSA) is 64.6 Å². The van der Waals surface area contributed by atoms with Crippen LogP contribution in [0.25, 0.3) is 5.70 Å². The van der Waals surface area contributed by atoms with Crippen molar-refractivity contribution in [1.29, 1.82) is 0 Å². The summed E-state index contributed by atoms with van der Waals surface area (Å²) in [6, 6.07) is 9.35. The maximum Gasteiger partial charge on any atom is 0.346 e. The van der Waals surface area contributed by atoms with Gasteiger partial charge in [-0.25, -0.2) is 9.59 Å². The van der Waals surface area contributed by atoms with Crippen molar-refractivity contribution < 1.29 is 19.1 Å². The number of thioether (sulfide) groups is 1. The summed E-state index contributed by atoms with van der Waals surface area (Å²) in [6.45, 7) is 0. The molecule has 1 heterocycles. The average Bonchev–Trinajstić information content (AvgIpc) is 2.91. The van der Waals surface area contributed by atoms with Crippen molar-refractivity contribution in [3.63, 3.8) is 0 Å². The number of esters is 2. The summed E-state index contributed by atoms with van der Waals surface area (Å²) < 4.78 is 9.34. The molecule has 1 aliphatic heterocycles. The summed E-state index contributed by atoms with van der Waals surface area (Å²) in [4.78, 5) is 23.5. The largest absolute Gasteiger partial charge is 0.466 e. The molecule has 20 heavy (non-hydrogen) atoms. The summed E-state index contributed by atoms with van der Waals surface area (Å²) in [5.41, 5.74) is 1.46. The van der Waals surface area contributed by atoms with Crippen molar-refractivity contribution in [3.8, 4) is 0 Å².